The van der Waals surface area contributed by atoms with E-state index in [1.54, 1.807) is 29.1 Å². The van der Waals surface area contributed by atoms with Crippen molar-refractivity contribution < 1.29 is 4.39 Å². The average molecular weight is 385 g/mol. The molecule has 1 aromatic carbocycles. The summed E-state index contributed by atoms with van der Waals surface area (Å²) in [5, 5.41) is 7.75. The molecule has 1 saturated heterocycles. The van der Waals surface area contributed by atoms with Crippen LogP contribution in [0.2, 0.25) is 5.15 Å². The molecule has 0 amide bonds. The Labute approximate surface area is 159 Å². The quantitative estimate of drug-likeness (QED) is 0.502. The fraction of sp³-hybridized carbons (Fsp3) is 0.263. The van der Waals surface area contributed by atoms with Crippen LogP contribution in [-0.2, 0) is 0 Å². The lowest BCUT2D eigenvalue weighted by atomic mass is 10.1. The van der Waals surface area contributed by atoms with Crippen molar-refractivity contribution in [2.24, 2.45) is 0 Å². The summed E-state index contributed by atoms with van der Waals surface area (Å²) in [4.78, 5) is 12.3. The molecule has 8 heteroatoms. The van der Waals surface area contributed by atoms with Crippen molar-refractivity contribution in [3.05, 3.63) is 47.8 Å². The third kappa shape index (κ3) is 2.74. The van der Waals surface area contributed by atoms with Gasteiger partial charge < -0.3 is 15.6 Å². The maximum Gasteiger partial charge on any atom is 0.181 e. The van der Waals surface area contributed by atoms with Crippen molar-refractivity contribution in [3.8, 4) is 11.3 Å². The van der Waals surface area contributed by atoms with Gasteiger partial charge in [-0.05, 0) is 31.5 Å². The summed E-state index contributed by atoms with van der Waals surface area (Å²) in [6.07, 6.45) is 7.39. The van der Waals surface area contributed by atoms with E-state index >= 15 is 0 Å². The molecule has 3 aromatic heterocycles. The van der Waals surface area contributed by atoms with Crippen molar-refractivity contribution >= 4 is 34.0 Å². The predicted molar refractivity (Wildman–Crippen MR) is 105 cm³/mol. The number of hydrogen-bond acceptors (Lipinski definition) is 4. The Bertz CT molecular complexity index is 1130. The molecule has 0 aliphatic carbocycles. The van der Waals surface area contributed by atoms with Crippen molar-refractivity contribution in [1.29, 1.82) is 0 Å². The maximum absolute atomic E-state index is 14.5. The molecule has 0 radical (unpaired) electrons. The highest BCUT2D eigenvalue weighted by atomic mass is 35.5. The molecule has 27 heavy (non-hydrogen) atoms. The van der Waals surface area contributed by atoms with Gasteiger partial charge in [0.1, 0.15) is 16.7 Å². The van der Waals surface area contributed by atoms with Crippen LogP contribution in [0.3, 0.4) is 0 Å². The second-order valence-electron chi connectivity index (χ2n) is 6.77. The minimum atomic E-state index is -0.307. The van der Waals surface area contributed by atoms with Crippen LogP contribution in [0, 0.1) is 5.82 Å². The molecule has 6 nitrogen and oxygen atoms in total. The molecule has 4 aromatic rings. The number of rotatable bonds is 3. The van der Waals surface area contributed by atoms with Crippen molar-refractivity contribution in [3.63, 3.8) is 0 Å². The third-order valence-corrected chi connectivity index (χ3v) is 5.39. The molecule has 0 unspecified atom stereocenters. The van der Waals surface area contributed by atoms with Gasteiger partial charge in [0.15, 0.2) is 11.5 Å². The second-order valence-corrected chi connectivity index (χ2v) is 7.13. The van der Waals surface area contributed by atoms with Crippen molar-refractivity contribution in [2.75, 3.05) is 18.4 Å². The number of anilines is 1. The summed E-state index contributed by atoms with van der Waals surface area (Å²) in [6.45, 7) is 1.90. The lowest BCUT2D eigenvalue weighted by molar-refractivity contribution is 0.479. The van der Waals surface area contributed by atoms with Crippen LogP contribution in [0.25, 0.3) is 27.8 Å². The van der Waals surface area contributed by atoms with Gasteiger partial charge >= 0.3 is 0 Å². The van der Waals surface area contributed by atoms with Crippen LogP contribution in [0.15, 0.2) is 36.8 Å². The third-order valence-electron chi connectivity index (χ3n) is 5.03. The molecular formula is C19H18ClFN6. The van der Waals surface area contributed by atoms with E-state index in [4.69, 9.17) is 16.6 Å². The fourth-order valence-corrected chi connectivity index (χ4v) is 4.00. The molecule has 1 aliphatic heterocycles. The van der Waals surface area contributed by atoms with Gasteiger partial charge in [-0.2, -0.15) is 0 Å². The Hall–Kier alpha value is -2.64. The zero-order valence-electron chi connectivity index (χ0n) is 14.5. The highest BCUT2D eigenvalue weighted by molar-refractivity contribution is 6.32. The van der Waals surface area contributed by atoms with Crippen molar-refractivity contribution in [1.82, 2.24) is 24.7 Å². The first-order valence-electron chi connectivity index (χ1n) is 8.98. The highest BCUT2D eigenvalue weighted by Crippen LogP contribution is 2.35. The maximum atomic E-state index is 14.5. The number of piperidine rings is 1. The smallest absolute Gasteiger partial charge is 0.181 e. The van der Waals surface area contributed by atoms with E-state index in [0.29, 0.717) is 38.8 Å². The highest BCUT2D eigenvalue weighted by Gasteiger charge is 2.21. The number of halogens is 2. The Morgan fingerprint density at radius 1 is 1.33 bits per heavy atom. The zero-order chi connectivity index (χ0) is 18.4. The molecule has 1 fully saturated rings. The number of H-pyrrole nitrogens is 1. The molecule has 1 atom stereocenters. The summed E-state index contributed by atoms with van der Waals surface area (Å²) in [5.74, 6) is 0.345. The van der Waals surface area contributed by atoms with Crippen molar-refractivity contribution in [2.45, 2.75) is 18.9 Å². The predicted octanol–water partition coefficient (Wildman–Crippen LogP) is 3.83. The Morgan fingerprint density at radius 3 is 3.11 bits per heavy atom. The van der Waals surface area contributed by atoms with Gasteiger partial charge in [-0.1, -0.05) is 17.7 Å². The van der Waals surface area contributed by atoms with Gasteiger partial charge in [0.2, 0.25) is 0 Å². The van der Waals surface area contributed by atoms with Gasteiger partial charge in [0.25, 0.3) is 0 Å². The molecular weight excluding hydrogens is 367 g/mol. The number of benzene rings is 1. The van der Waals surface area contributed by atoms with E-state index in [-0.39, 0.29) is 11.9 Å². The normalized spacial score (nSPS) is 17.6. The topological polar surface area (TPSA) is 70.0 Å². The number of aromatic nitrogens is 4. The van der Waals surface area contributed by atoms with Crippen LogP contribution in [-0.4, -0.2) is 38.5 Å². The summed E-state index contributed by atoms with van der Waals surface area (Å²) in [6, 6.07) is 5.21. The van der Waals surface area contributed by atoms with Crippen LogP contribution < -0.4 is 10.6 Å². The minimum Gasteiger partial charge on any atom is -0.363 e. The molecule has 1 aliphatic rings. The Kier molecular flexibility index (Phi) is 3.98. The summed E-state index contributed by atoms with van der Waals surface area (Å²) >= 11 is 6.63. The monoisotopic (exact) mass is 384 g/mol. The molecule has 0 spiro atoms. The molecule has 4 heterocycles. The molecule has 3 N–H and O–H groups in total. The number of imidazole rings is 1. The van der Waals surface area contributed by atoms with Gasteiger partial charge in [-0.3, -0.25) is 4.40 Å². The van der Waals surface area contributed by atoms with Gasteiger partial charge in [0.05, 0.1) is 0 Å². The Balaban J connectivity index is 1.69. The van der Waals surface area contributed by atoms with Crippen LogP contribution in [0.5, 0.6) is 0 Å². The fourth-order valence-electron chi connectivity index (χ4n) is 3.72. The van der Waals surface area contributed by atoms with E-state index in [1.807, 2.05) is 6.07 Å². The van der Waals surface area contributed by atoms with E-state index < -0.39 is 0 Å². The number of hydrogen-bond donors (Lipinski definition) is 3. The molecule has 5 rings (SSSR count). The van der Waals surface area contributed by atoms with Gasteiger partial charge in [-0.25, -0.2) is 14.4 Å². The van der Waals surface area contributed by atoms with E-state index in [1.165, 1.54) is 6.07 Å². The lowest BCUT2D eigenvalue weighted by Crippen LogP contribution is -2.38. The van der Waals surface area contributed by atoms with Crippen LogP contribution >= 0.6 is 11.6 Å². The zero-order valence-corrected chi connectivity index (χ0v) is 15.2. The first-order chi connectivity index (χ1) is 13.2. The first kappa shape index (κ1) is 16.5. The average Bonchev–Trinajstić information content (AvgIpc) is 3.33. The molecule has 138 valence electrons. The minimum absolute atomic E-state index is 0.264. The SMILES string of the molecule is Fc1cccc2[nH]cc(-c3nc(N[C@H]4CCCNC4)c4nccn4c3Cl)c12. The first-order valence-corrected chi connectivity index (χ1v) is 9.36. The standard InChI is InChI=1S/C19H18ClFN6/c20-17-16(12-10-24-14-5-1-4-13(21)15(12)14)26-18(19-23-7-8-27(17)19)25-11-3-2-6-22-9-11/h1,4-5,7-8,10-11,22,24H,2-3,6,9H2,(H,25,26)/t11-/m0/s1. The Morgan fingerprint density at radius 2 is 2.26 bits per heavy atom. The number of nitrogens with one attached hydrogen (secondary N) is 3. The second kappa shape index (κ2) is 6.51. The van der Waals surface area contributed by atoms with Gasteiger partial charge in [-0.15, -0.1) is 0 Å². The summed E-state index contributed by atoms with van der Waals surface area (Å²) in [5.41, 5.74) is 2.52. The van der Waals surface area contributed by atoms with E-state index in [2.05, 4.69) is 20.6 Å². The van der Waals surface area contributed by atoms with Gasteiger partial charge in [0, 0.05) is 47.6 Å². The largest absolute Gasteiger partial charge is 0.363 e. The number of fused-ring (bicyclic) bond motifs is 2. The van der Waals surface area contributed by atoms with E-state index in [0.717, 1.165) is 25.9 Å². The summed E-state index contributed by atoms with van der Waals surface area (Å²) in [7, 11) is 0. The summed E-state index contributed by atoms with van der Waals surface area (Å²) < 4.78 is 16.3. The van der Waals surface area contributed by atoms with Crippen LogP contribution in [0.1, 0.15) is 12.8 Å². The lowest BCUT2D eigenvalue weighted by Gasteiger charge is -2.24. The number of nitrogens with zero attached hydrogens (tertiary/aromatic N) is 3. The van der Waals surface area contributed by atoms with E-state index in [9.17, 15) is 4.39 Å². The molecule has 0 bridgehead atoms. The molecule has 0 saturated carbocycles. The number of aromatic amines is 1. The van der Waals surface area contributed by atoms with Crippen LogP contribution in [0.4, 0.5) is 10.2 Å².